The van der Waals surface area contributed by atoms with E-state index in [4.69, 9.17) is 11.6 Å². The van der Waals surface area contributed by atoms with Crippen molar-refractivity contribution in [3.63, 3.8) is 0 Å². The topological polar surface area (TPSA) is 92.3 Å². The first-order valence-corrected chi connectivity index (χ1v) is 8.38. The van der Waals surface area contributed by atoms with E-state index >= 15 is 0 Å². The molecule has 1 aromatic rings. The molecule has 0 fully saturated rings. The van der Waals surface area contributed by atoms with E-state index in [2.05, 4.69) is 15.5 Å². The van der Waals surface area contributed by atoms with Crippen molar-refractivity contribution in [1.82, 2.24) is 14.5 Å². The number of nitrogens with one attached hydrogen (secondary N) is 1. The van der Waals surface area contributed by atoms with E-state index in [1.807, 2.05) is 0 Å². The van der Waals surface area contributed by atoms with E-state index in [0.717, 1.165) is 11.3 Å². The van der Waals surface area contributed by atoms with Gasteiger partial charge < -0.3 is 5.32 Å². The monoisotopic (exact) mass is 326 g/mol. The number of carbonyl (C=O) groups is 1. The zero-order chi connectivity index (χ0) is 14.5. The van der Waals surface area contributed by atoms with Crippen LogP contribution in [0, 0.1) is 0 Å². The predicted octanol–water partition coefficient (Wildman–Crippen LogP) is 1.14. The van der Waals surface area contributed by atoms with Crippen molar-refractivity contribution in [1.29, 1.82) is 0 Å². The van der Waals surface area contributed by atoms with Crippen molar-refractivity contribution >= 4 is 44.0 Å². The van der Waals surface area contributed by atoms with Crippen LogP contribution in [0.1, 0.15) is 20.3 Å². The lowest BCUT2D eigenvalue weighted by atomic mass is 10.5. The number of halogens is 1. The van der Waals surface area contributed by atoms with Crippen LogP contribution in [0.4, 0.5) is 5.13 Å². The van der Waals surface area contributed by atoms with E-state index in [1.165, 1.54) is 11.2 Å². The molecule has 1 amide bonds. The molecule has 7 nitrogen and oxygen atoms in total. The van der Waals surface area contributed by atoms with Crippen LogP contribution in [0.3, 0.4) is 0 Å². The summed E-state index contributed by atoms with van der Waals surface area (Å²) in [5.41, 5.74) is 0. The molecule has 0 aliphatic carbocycles. The first kappa shape index (κ1) is 16.3. The maximum atomic E-state index is 12.2. The van der Waals surface area contributed by atoms with Gasteiger partial charge in [0.1, 0.15) is 0 Å². The average Bonchev–Trinajstić information content (AvgIpc) is 2.78. The molecule has 0 spiro atoms. The van der Waals surface area contributed by atoms with E-state index in [0.29, 0.717) is 25.4 Å². The van der Waals surface area contributed by atoms with Gasteiger partial charge in [0.15, 0.2) is 0 Å². The second-order valence-electron chi connectivity index (χ2n) is 3.59. The fourth-order valence-corrected chi connectivity index (χ4v) is 4.00. The predicted molar refractivity (Wildman–Crippen MR) is 74.0 cm³/mol. The van der Waals surface area contributed by atoms with Gasteiger partial charge in [-0.15, -0.1) is 21.8 Å². The lowest BCUT2D eigenvalue weighted by Crippen LogP contribution is -2.32. The van der Waals surface area contributed by atoms with Crippen LogP contribution >= 0.6 is 22.9 Å². The molecular formula is C9H15ClN4O3S2. The molecule has 0 atom stereocenters. The van der Waals surface area contributed by atoms with Gasteiger partial charge in [-0.2, -0.15) is 4.31 Å². The number of alkyl halides is 1. The Hall–Kier alpha value is -0.770. The SMILES string of the molecule is CCN(CCCCl)S(=O)(=O)c1nnc(NC(C)=O)s1. The summed E-state index contributed by atoms with van der Waals surface area (Å²) in [6, 6.07) is 0. The first-order valence-electron chi connectivity index (χ1n) is 5.59. The molecule has 1 N–H and O–H groups in total. The second-order valence-corrected chi connectivity index (χ2v) is 7.06. The summed E-state index contributed by atoms with van der Waals surface area (Å²) in [7, 11) is -3.67. The maximum Gasteiger partial charge on any atom is 0.272 e. The number of sulfonamides is 1. The molecule has 1 rings (SSSR count). The highest BCUT2D eigenvalue weighted by Crippen LogP contribution is 2.23. The molecule has 19 heavy (non-hydrogen) atoms. The number of amides is 1. The number of aromatic nitrogens is 2. The molecule has 0 aliphatic rings. The lowest BCUT2D eigenvalue weighted by Gasteiger charge is -2.17. The van der Waals surface area contributed by atoms with Crippen LogP contribution in [-0.2, 0) is 14.8 Å². The molecule has 0 bridgehead atoms. The summed E-state index contributed by atoms with van der Waals surface area (Å²) in [4.78, 5) is 10.9. The van der Waals surface area contributed by atoms with Gasteiger partial charge in [0.25, 0.3) is 10.0 Å². The van der Waals surface area contributed by atoms with Crippen LogP contribution in [0.5, 0.6) is 0 Å². The molecule has 0 aliphatic heterocycles. The minimum absolute atomic E-state index is 0.132. The van der Waals surface area contributed by atoms with E-state index < -0.39 is 10.0 Å². The van der Waals surface area contributed by atoms with Crippen LogP contribution < -0.4 is 5.32 Å². The van der Waals surface area contributed by atoms with Crippen LogP contribution in [-0.4, -0.2) is 47.8 Å². The minimum Gasteiger partial charge on any atom is -0.301 e. The van der Waals surface area contributed by atoms with Crippen molar-refractivity contribution in [3.8, 4) is 0 Å². The summed E-state index contributed by atoms with van der Waals surface area (Å²) >= 11 is 6.39. The molecular weight excluding hydrogens is 312 g/mol. The third-order valence-electron chi connectivity index (χ3n) is 2.14. The molecule has 1 heterocycles. The number of anilines is 1. The Morgan fingerprint density at radius 3 is 2.68 bits per heavy atom. The Labute approximate surface area is 121 Å². The Balaban J connectivity index is 2.91. The number of hydrogen-bond donors (Lipinski definition) is 1. The highest BCUT2D eigenvalue weighted by atomic mass is 35.5. The fraction of sp³-hybridized carbons (Fsp3) is 0.667. The molecule has 1 aromatic heterocycles. The molecule has 10 heteroatoms. The average molecular weight is 327 g/mol. The van der Waals surface area contributed by atoms with Crippen molar-refractivity contribution in [2.24, 2.45) is 0 Å². The van der Waals surface area contributed by atoms with Gasteiger partial charge in [-0.1, -0.05) is 18.3 Å². The standard InChI is InChI=1S/C9H15ClN4O3S2/c1-3-14(6-4-5-10)19(16,17)9-13-12-8(18-9)11-7(2)15/h3-6H2,1-2H3,(H,11,12,15). The number of carbonyl (C=O) groups excluding carboxylic acids is 1. The Bertz CT molecular complexity index is 531. The Kier molecular flexibility index (Phi) is 6.11. The smallest absolute Gasteiger partial charge is 0.272 e. The van der Waals surface area contributed by atoms with Crippen molar-refractivity contribution in [2.45, 2.75) is 24.6 Å². The summed E-state index contributed by atoms with van der Waals surface area (Å²) in [6.45, 7) is 3.71. The highest BCUT2D eigenvalue weighted by Gasteiger charge is 2.27. The molecule has 0 radical (unpaired) electrons. The summed E-state index contributed by atoms with van der Waals surface area (Å²) < 4.78 is 25.6. The minimum atomic E-state index is -3.67. The normalized spacial score (nSPS) is 11.8. The zero-order valence-electron chi connectivity index (χ0n) is 10.6. The lowest BCUT2D eigenvalue weighted by molar-refractivity contribution is -0.114. The maximum absolute atomic E-state index is 12.2. The van der Waals surface area contributed by atoms with Crippen LogP contribution in [0.25, 0.3) is 0 Å². The van der Waals surface area contributed by atoms with Gasteiger partial charge in [-0.3, -0.25) is 4.79 Å². The van der Waals surface area contributed by atoms with Crippen molar-refractivity contribution < 1.29 is 13.2 Å². The Morgan fingerprint density at radius 1 is 1.47 bits per heavy atom. The second kappa shape index (κ2) is 7.13. The van der Waals surface area contributed by atoms with Gasteiger partial charge in [0.05, 0.1) is 0 Å². The molecule has 0 saturated heterocycles. The Morgan fingerprint density at radius 2 is 2.16 bits per heavy atom. The van der Waals surface area contributed by atoms with E-state index in [1.54, 1.807) is 6.92 Å². The molecule has 0 saturated carbocycles. The van der Waals surface area contributed by atoms with Gasteiger partial charge >= 0.3 is 0 Å². The van der Waals surface area contributed by atoms with Gasteiger partial charge in [-0.25, -0.2) is 8.42 Å². The van der Waals surface area contributed by atoms with Gasteiger partial charge in [0.2, 0.25) is 15.4 Å². The van der Waals surface area contributed by atoms with E-state index in [-0.39, 0.29) is 15.4 Å². The fourth-order valence-electron chi connectivity index (χ4n) is 1.31. The summed E-state index contributed by atoms with van der Waals surface area (Å²) in [6.07, 6.45) is 0.561. The van der Waals surface area contributed by atoms with Gasteiger partial charge in [0, 0.05) is 25.9 Å². The molecule has 0 unspecified atom stereocenters. The molecule has 0 aromatic carbocycles. The van der Waals surface area contributed by atoms with Gasteiger partial charge in [-0.05, 0) is 6.42 Å². The zero-order valence-corrected chi connectivity index (χ0v) is 13.0. The third kappa shape index (κ3) is 4.37. The highest BCUT2D eigenvalue weighted by molar-refractivity contribution is 7.91. The summed E-state index contributed by atoms with van der Waals surface area (Å²) in [5, 5.41) is 9.80. The molecule has 108 valence electrons. The summed E-state index contributed by atoms with van der Waals surface area (Å²) in [5.74, 6) is 0.0637. The van der Waals surface area contributed by atoms with E-state index in [9.17, 15) is 13.2 Å². The first-order chi connectivity index (χ1) is 8.91. The number of hydrogen-bond acceptors (Lipinski definition) is 6. The van der Waals surface area contributed by atoms with Crippen molar-refractivity contribution in [2.75, 3.05) is 24.3 Å². The number of rotatable bonds is 7. The quantitative estimate of drug-likeness (QED) is 0.599. The van der Waals surface area contributed by atoms with Crippen molar-refractivity contribution in [3.05, 3.63) is 0 Å². The third-order valence-corrected chi connectivity index (χ3v) is 5.57. The van der Waals surface area contributed by atoms with Crippen LogP contribution in [0.15, 0.2) is 4.34 Å². The number of nitrogens with zero attached hydrogens (tertiary/aromatic N) is 3. The largest absolute Gasteiger partial charge is 0.301 e. The van der Waals surface area contributed by atoms with Crippen LogP contribution in [0.2, 0.25) is 0 Å².